The van der Waals surface area contributed by atoms with Crippen molar-refractivity contribution in [2.45, 2.75) is 0 Å². The maximum Gasteiger partial charge on any atom is 0.146 e. The molecule has 0 unspecified atom stereocenters. The van der Waals surface area contributed by atoms with Crippen LogP contribution >= 0.6 is 0 Å². The van der Waals surface area contributed by atoms with E-state index < -0.39 is 5.82 Å². The molecular weight excluding hydrogens is 345 g/mol. The van der Waals surface area contributed by atoms with E-state index in [-0.39, 0.29) is 33.5 Å². The Labute approximate surface area is 153 Å². The highest BCUT2D eigenvalue weighted by Gasteiger charge is 2.25. The van der Waals surface area contributed by atoms with Gasteiger partial charge in [-0.1, -0.05) is 18.2 Å². The SMILES string of the molecule is COc1ccc2c(c1)oc1c(-c3ccccc3F)c(C#N)c(N)c(C#N)c12. The Kier molecular flexibility index (Phi) is 3.68. The standard InChI is InChI=1S/C21H12FN3O2/c1-26-11-6-7-13-17(8-11)27-21-18(12-4-2-3-5-16(12)22)14(9-23)20(25)15(10-24)19(13)21/h2-8H,25H2,1H3. The minimum Gasteiger partial charge on any atom is -0.497 e. The van der Waals surface area contributed by atoms with Crippen molar-refractivity contribution >= 4 is 27.6 Å². The number of anilines is 1. The van der Waals surface area contributed by atoms with E-state index in [1.165, 1.54) is 13.2 Å². The lowest BCUT2D eigenvalue weighted by Gasteiger charge is -2.11. The number of nitrogen functional groups attached to an aromatic ring is 1. The van der Waals surface area contributed by atoms with Crippen molar-refractivity contribution in [3.63, 3.8) is 0 Å². The number of rotatable bonds is 2. The van der Waals surface area contributed by atoms with E-state index in [0.717, 1.165) is 0 Å². The zero-order chi connectivity index (χ0) is 19.1. The molecule has 0 saturated heterocycles. The molecule has 5 nitrogen and oxygen atoms in total. The molecule has 6 heteroatoms. The van der Waals surface area contributed by atoms with Crippen LogP contribution in [-0.4, -0.2) is 7.11 Å². The zero-order valence-electron chi connectivity index (χ0n) is 14.2. The molecule has 1 aromatic heterocycles. The van der Waals surface area contributed by atoms with Gasteiger partial charge in [-0.25, -0.2) is 4.39 Å². The number of hydrogen-bond acceptors (Lipinski definition) is 5. The molecule has 0 spiro atoms. The third-order valence-electron chi connectivity index (χ3n) is 4.53. The highest BCUT2D eigenvalue weighted by atomic mass is 19.1. The topological polar surface area (TPSA) is 96.0 Å². The van der Waals surface area contributed by atoms with Crippen molar-refractivity contribution in [3.05, 3.63) is 59.4 Å². The number of nitrogens with two attached hydrogens (primary N) is 1. The van der Waals surface area contributed by atoms with E-state index in [9.17, 15) is 14.9 Å². The highest BCUT2D eigenvalue weighted by Crippen LogP contribution is 2.44. The lowest BCUT2D eigenvalue weighted by molar-refractivity contribution is 0.414. The largest absolute Gasteiger partial charge is 0.497 e. The zero-order valence-corrected chi connectivity index (χ0v) is 14.2. The van der Waals surface area contributed by atoms with E-state index in [4.69, 9.17) is 14.9 Å². The molecule has 0 amide bonds. The van der Waals surface area contributed by atoms with Crippen LogP contribution in [0.5, 0.6) is 5.75 Å². The molecule has 4 rings (SSSR count). The Morgan fingerprint density at radius 1 is 1.07 bits per heavy atom. The fourth-order valence-electron chi connectivity index (χ4n) is 3.29. The predicted octanol–water partition coefficient (Wildman–Crippen LogP) is 4.73. The quantitative estimate of drug-likeness (QED) is 0.523. The third-order valence-corrected chi connectivity index (χ3v) is 4.53. The molecule has 0 fully saturated rings. The van der Waals surface area contributed by atoms with Gasteiger partial charge >= 0.3 is 0 Å². The molecule has 0 bridgehead atoms. The minimum absolute atomic E-state index is 0.00395. The summed E-state index contributed by atoms with van der Waals surface area (Å²) in [5, 5.41) is 20.4. The Morgan fingerprint density at radius 2 is 1.81 bits per heavy atom. The van der Waals surface area contributed by atoms with Gasteiger partial charge in [-0.15, -0.1) is 0 Å². The van der Waals surface area contributed by atoms with E-state index in [1.54, 1.807) is 36.4 Å². The molecular formula is C21H12FN3O2. The van der Waals surface area contributed by atoms with Crippen LogP contribution < -0.4 is 10.5 Å². The second-order valence-electron chi connectivity index (χ2n) is 5.91. The number of nitriles is 2. The van der Waals surface area contributed by atoms with E-state index in [1.807, 2.05) is 6.07 Å². The van der Waals surface area contributed by atoms with E-state index in [0.29, 0.717) is 22.1 Å². The molecule has 27 heavy (non-hydrogen) atoms. The second kappa shape index (κ2) is 6.05. The molecule has 0 aliphatic carbocycles. The van der Waals surface area contributed by atoms with Gasteiger partial charge in [-0.3, -0.25) is 0 Å². The molecule has 3 aromatic carbocycles. The van der Waals surface area contributed by atoms with Gasteiger partial charge in [0.1, 0.15) is 34.9 Å². The number of furan rings is 1. The first-order valence-electron chi connectivity index (χ1n) is 8.01. The van der Waals surface area contributed by atoms with Gasteiger partial charge in [0.05, 0.1) is 23.9 Å². The van der Waals surface area contributed by atoms with Crippen molar-refractivity contribution in [1.82, 2.24) is 0 Å². The van der Waals surface area contributed by atoms with Crippen LogP contribution in [0, 0.1) is 28.5 Å². The van der Waals surface area contributed by atoms with Gasteiger partial charge in [0, 0.05) is 28.0 Å². The van der Waals surface area contributed by atoms with Gasteiger partial charge in [-0.05, 0) is 18.2 Å². The fraction of sp³-hybridized carbons (Fsp3) is 0.0476. The number of hydrogen-bond donors (Lipinski definition) is 1. The molecule has 2 N–H and O–H groups in total. The Morgan fingerprint density at radius 3 is 2.48 bits per heavy atom. The van der Waals surface area contributed by atoms with Gasteiger partial charge in [0.25, 0.3) is 0 Å². The summed E-state index contributed by atoms with van der Waals surface area (Å²) in [6.07, 6.45) is 0. The van der Waals surface area contributed by atoms with Crippen molar-refractivity contribution in [2.24, 2.45) is 0 Å². The number of halogens is 1. The predicted molar refractivity (Wildman–Crippen MR) is 99.5 cm³/mol. The number of fused-ring (bicyclic) bond motifs is 3. The van der Waals surface area contributed by atoms with Gasteiger partial charge < -0.3 is 14.9 Å². The molecule has 0 atom stereocenters. The first kappa shape index (κ1) is 16.4. The molecule has 1 heterocycles. The Balaban J connectivity index is 2.28. The van der Waals surface area contributed by atoms with Crippen LogP contribution in [0.15, 0.2) is 46.9 Å². The van der Waals surface area contributed by atoms with Crippen LogP contribution in [0.1, 0.15) is 11.1 Å². The van der Waals surface area contributed by atoms with Crippen molar-refractivity contribution in [2.75, 3.05) is 12.8 Å². The monoisotopic (exact) mass is 357 g/mol. The molecule has 0 saturated carbocycles. The number of ether oxygens (including phenoxy) is 1. The van der Waals surface area contributed by atoms with Crippen LogP contribution in [-0.2, 0) is 0 Å². The molecule has 130 valence electrons. The van der Waals surface area contributed by atoms with Crippen LogP contribution in [0.3, 0.4) is 0 Å². The summed E-state index contributed by atoms with van der Waals surface area (Å²) in [5.74, 6) is 0.0541. The summed E-state index contributed by atoms with van der Waals surface area (Å²) < 4.78 is 25.7. The highest BCUT2D eigenvalue weighted by molar-refractivity contribution is 6.16. The van der Waals surface area contributed by atoms with Gasteiger partial charge in [-0.2, -0.15) is 10.5 Å². The van der Waals surface area contributed by atoms with Gasteiger partial charge in [0.2, 0.25) is 0 Å². The van der Waals surface area contributed by atoms with Gasteiger partial charge in [0.15, 0.2) is 0 Å². The smallest absolute Gasteiger partial charge is 0.146 e. The van der Waals surface area contributed by atoms with E-state index >= 15 is 0 Å². The maximum absolute atomic E-state index is 14.5. The fourth-order valence-corrected chi connectivity index (χ4v) is 3.29. The minimum atomic E-state index is -0.516. The van der Waals surface area contributed by atoms with Crippen LogP contribution in [0.4, 0.5) is 10.1 Å². The van der Waals surface area contributed by atoms with Crippen LogP contribution in [0.25, 0.3) is 33.1 Å². The van der Waals surface area contributed by atoms with Crippen LogP contribution in [0.2, 0.25) is 0 Å². The molecule has 4 aromatic rings. The molecule has 0 aliphatic rings. The van der Waals surface area contributed by atoms with E-state index in [2.05, 4.69) is 6.07 Å². The number of benzene rings is 3. The lowest BCUT2D eigenvalue weighted by atomic mass is 9.92. The third kappa shape index (κ3) is 2.28. The second-order valence-corrected chi connectivity index (χ2v) is 5.91. The first-order chi connectivity index (χ1) is 13.1. The van der Waals surface area contributed by atoms with Crippen molar-refractivity contribution in [3.8, 4) is 29.0 Å². The summed E-state index contributed by atoms with van der Waals surface area (Å²) in [6, 6.07) is 15.2. The lowest BCUT2D eigenvalue weighted by Crippen LogP contribution is -2.00. The average molecular weight is 357 g/mol. The Bertz CT molecular complexity index is 1310. The maximum atomic E-state index is 14.5. The molecule has 0 radical (unpaired) electrons. The number of methoxy groups -OCH3 is 1. The van der Waals surface area contributed by atoms with Crippen molar-refractivity contribution in [1.29, 1.82) is 10.5 Å². The Hall–Kier alpha value is -4.03. The summed E-state index contributed by atoms with van der Waals surface area (Å²) in [5.41, 5.74) is 7.38. The summed E-state index contributed by atoms with van der Waals surface area (Å²) in [4.78, 5) is 0. The normalized spacial score (nSPS) is 10.7. The summed E-state index contributed by atoms with van der Waals surface area (Å²) >= 11 is 0. The number of nitrogens with zero attached hydrogens (tertiary/aromatic N) is 2. The molecule has 0 aliphatic heterocycles. The van der Waals surface area contributed by atoms with Crippen molar-refractivity contribution < 1.29 is 13.5 Å². The first-order valence-corrected chi connectivity index (χ1v) is 8.01. The summed E-state index contributed by atoms with van der Waals surface area (Å²) in [6.45, 7) is 0. The average Bonchev–Trinajstić information content (AvgIpc) is 3.06. The summed E-state index contributed by atoms with van der Waals surface area (Å²) in [7, 11) is 1.53.